The fraction of sp³-hybridized carbons (Fsp3) is 0.846. The van der Waals surface area contributed by atoms with Crippen molar-refractivity contribution in [3.05, 3.63) is 11.6 Å². The van der Waals surface area contributed by atoms with Gasteiger partial charge in [-0.3, -0.25) is 4.68 Å². The van der Waals surface area contributed by atoms with Crippen molar-refractivity contribution in [3.8, 4) is 0 Å². The van der Waals surface area contributed by atoms with Crippen molar-refractivity contribution >= 4 is 0 Å². The molecule has 1 aliphatic heterocycles. The molecule has 2 aliphatic rings. The van der Waals surface area contributed by atoms with Crippen molar-refractivity contribution in [1.29, 1.82) is 0 Å². The van der Waals surface area contributed by atoms with Gasteiger partial charge in [0.2, 0.25) is 0 Å². The number of nitrogens with zero attached hydrogens (tertiary/aromatic N) is 3. The Labute approximate surface area is 108 Å². The highest BCUT2D eigenvalue weighted by Crippen LogP contribution is 2.32. The monoisotopic (exact) mass is 250 g/mol. The highest BCUT2D eigenvalue weighted by molar-refractivity contribution is 5.02. The molecule has 0 aromatic carbocycles. The normalized spacial score (nSPS) is 25.7. The van der Waals surface area contributed by atoms with E-state index in [0.29, 0.717) is 12.0 Å². The van der Waals surface area contributed by atoms with E-state index < -0.39 is 0 Å². The van der Waals surface area contributed by atoms with Gasteiger partial charge in [0.15, 0.2) is 5.82 Å². The molecular weight excluding hydrogens is 228 g/mol. The van der Waals surface area contributed by atoms with Crippen LogP contribution in [0.2, 0.25) is 0 Å². The summed E-state index contributed by atoms with van der Waals surface area (Å²) in [7, 11) is 2.00. The molecule has 1 atom stereocenters. The van der Waals surface area contributed by atoms with Crippen LogP contribution in [-0.2, 0) is 18.2 Å². The van der Waals surface area contributed by atoms with Crippen molar-refractivity contribution in [2.75, 3.05) is 19.8 Å². The summed E-state index contributed by atoms with van der Waals surface area (Å²) in [6.45, 7) is 2.55. The van der Waals surface area contributed by atoms with Gasteiger partial charge in [0.1, 0.15) is 5.82 Å². The van der Waals surface area contributed by atoms with E-state index >= 15 is 0 Å². The van der Waals surface area contributed by atoms with Gasteiger partial charge in [-0.15, -0.1) is 0 Å². The van der Waals surface area contributed by atoms with Crippen LogP contribution in [-0.4, -0.2) is 40.6 Å². The van der Waals surface area contributed by atoms with Crippen molar-refractivity contribution in [1.82, 2.24) is 20.1 Å². The maximum absolute atomic E-state index is 5.48. The van der Waals surface area contributed by atoms with Crippen LogP contribution in [0.5, 0.6) is 0 Å². The van der Waals surface area contributed by atoms with E-state index in [4.69, 9.17) is 9.72 Å². The van der Waals surface area contributed by atoms with Crippen LogP contribution in [0.1, 0.15) is 43.3 Å². The topological polar surface area (TPSA) is 52.0 Å². The quantitative estimate of drug-likeness (QED) is 0.869. The number of morpholine rings is 1. The van der Waals surface area contributed by atoms with Crippen LogP contribution in [0.25, 0.3) is 0 Å². The second-order valence-corrected chi connectivity index (χ2v) is 5.42. The molecule has 1 unspecified atom stereocenters. The fourth-order valence-corrected chi connectivity index (χ4v) is 2.94. The first kappa shape index (κ1) is 12.1. The zero-order valence-corrected chi connectivity index (χ0v) is 11.1. The number of hydrogen-bond acceptors (Lipinski definition) is 4. The van der Waals surface area contributed by atoms with Gasteiger partial charge in [-0.25, -0.2) is 4.98 Å². The number of hydrogen-bond donors (Lipinski definition) is 1. The average molecular weight is 250 g/mol. The van der Waals surface area contributed by atoms with Gasteiger partial charge >= 0.3 is 0 Å². The highest BCUT2D eigenvalue weighted by Gasteiger charge is 2.23. The smallest absolute Gasteiger partial charge is 0.154 e. The Morgan fingerprint density at radius 1 is 1.39 bits per heavy atom. The number of ether oxygens (including phenoxy) is 1. The number of aromatic nitrogens is 3. The van der Waals surface area contributed by atoms with Gasteiger partial charge in [0, 0.05) is 32.0 Å². The molecule has 100 valence electrons. The molecule has 1 aromatic heterocycles. The van der Waals surface area contributed by atoms with Crippen LogP contribution in [0.15, 0.2) is 0 Å². The molecule has 5 heteroatoms. The van der Waals surface area contributed by atoms with Gasteiger partial charge in [-0.05, 0) is 12.8 Å². The molecule has 0 spiro atoms. The Morgan fingerprint density at radius 3 is 2.94 bits per heavy atom. The number of rotatable bonds is 3. The minimum Gasteiger partial charge on any atom is -0.379 e. The van der Waals surface area contributed by atoms with Gasteiger partial charge < -0.3 is 10.1 Å². The Morgan fingerprint density at radius 2 is 2.22 bits per heavy atom. The van der Waals surface area contributed by atoms with Crippen LogP contribution in [0.3, 0.4) is 0 Å². The first-order valence-corrected chi connectivity index (χ1v) is 7.04. The molecule has 1 N–H and O–H groups in total. The predicted molar refractivity (Wildman–Crippen MR) is 68.5 cm³/mol. The molecule has 3 rings (SSSR count). The zero-order valence-electron chi connectivity index (χ0n) is 11.1. The lowest BCUT2D eigenvalue weighted by atomic mass is 10.1. The maximum Gasteiger partial charge on any atom is 0.154 e. The zero-order chi connectivity index (χ0) is 12.4. The lowest BCUT2D eigenvalue weighted by Crippen LogP contribution is -2.43. The SMILES string of the molecule is Cn1nc(C2CCCC2)nc1CC1COCCN1. The first-order valence-electron chi connectivity index (χ1n) is 7.04. The van der Waals surface area contributed by atoms with Crippen LogP contribution in [0, 0.1) is 0 Å². The lowest BCUT2D eigenvalue weighted by Gasteiger charge is -2.23. The summed E-state index contributed by atoms with van der Waals surface area (Å²) in [6.07, 6.45) is 6.09. The molecule has 0 radical (unpaired) electrons. The average Bonchev–Trinajstić information content (AvgIpc) is 3.01. The van der Waals surface area contributed by atoms with E-state index in [1.54, 1.807) is 0 Å². The van der Waals surface area contributed by atoms with Crippen LogP contribution in [0.4, 0.5) is 0 Å². The van der Waals surface area contributed by atoms with E-state index in [9.17, 15) is 0 Å². The second kappa shape index (κ2) is 5.36. The van der Waals surface area contributed by atoms with Crippen molar-refractivity contribution in [2.24, 2.45) is 7.05 Å². The van der Waals surface area contributed by atoms with Crippen molar-refractivity contribution < 1.29 is 4.74 Å². The Kier molecular flexibility index (Phi) is 3.61. The molecule has 2 heterocycles. The van der Waals surface area contributed by atoms with E-state index in [1.165, 1.54) is 25.7 Å². The summed E-state index contributed by atoms with van der Waals surface area (Å²) >= 11 is 0. The molecule has 18 heavy (non-hydrogen) atoms. The summed E-state index contributed by atoms with van der Waals surface area (Å²) in [4.78, 5) is 4.74. The van der Waals surface area contributed by atoms with E-state index in [2.05, 4.69) is 10.4 Å². The fourth-order valence-electron chi connectivity index (χ4n) is 2.94. The van der Waals surface area contributed by atoms with E-state index in [1.807, 2.05) is 11.7 Å². The highest BCUT2D eigenvalue weighted by atomic mass is 16.5. The summed E-state index contributed by atoms with van der Waals surface area (Å²) in [5.41, 5.74) is 0. The minimum atomic E-state index is 0.387. The Bertz CT molecular complexity index is 392. The summed E-state index contributed by atoms with van der Waals surface area (Å²) < 4.78 is 7.43. The molecular formula is C13H22N4O. The summed E-state index contributed by atoms with van der Waals surface area (Å²) in [5, 5.41) is 8.06. The van der Waals surface area contributed by atoms with Gasteiger partial charge in [-0.1, -0.05) is 12.8 Å². The van der Waals surface area contributed by atoms with Gasteiger partial charge in [0.05, 0.1) is 13.2 Å². The Hall–Kier alpha value is -0.940. The number of aryl methyl sites for hydroxylation is 1. The van der Waals surface area contributed by atoms with Gasteiger partial charge in [0.25, 0.3) is 0 Å². The molecule has 2 fully saturated rings. The van der Waals surface area contributed by atoms with E-state index in [-0.39, 0.29) is 0 Å². The predicted octanol–water partition coefficient (Wildman–Crippen LogP) is 1.00. The summed E-state index contributed by atoms with van der Waals surface area (Å²) in [5.74, 6) is 2.74. The molecule has 5 nitrogen and oxygen atoms in total. The summed E-state index contributed by atoms with van der Waals surface area (Å²) in [6, 6.07) is 0.387. The standard InChI is InChI=1S/C13H22N4O/c1-17-12(8-11-9-18-7-6-14-11)15-13(16-17)10-4-2-3-5-10/h10-11,14H,2-9H2,1H3. The third-order valence-electron chi connectivity index (χ3n) is 4.02. The molecule has 1 saturated heterocycles. The maximum atomic E-state index is 5.48. The van der Waals surface area contributed by atoms with Crippen LogP contribution < -0.4 is 5.32 Å². The molecule has 0 bridgehead atoms. The molecule has 1 aliphatic carbocycles. The van der Waals surface area contributed by atoms with Crippen LogP contribution >= 0.6 is 0 Å². The Balaban J connectivity index is 1.67. The number of nitrogens with one attached hydrogen (secondary N) is 1. The molecule has 1 saturated carbocycles. The first-order chi connectivity index (χ1) is 8.83. The van der Waals surface area contributed by atoms with Crippen molar-refractivity contribution in [3.63, 3.8) is 0 Å². The van der Waals surface area contributed by atoms with E-state index in [0.717, 1.165) is 37.8 Å². The van der Waals surface area contributed by atoms with Crippen molar-refractivity contribution in [2.45, 2.75) is 44.1 Å². The molecule has 1 aromatic rings. The third-order valence-corrected chi connectivity index (χ3v) is 4.02. The van der Waals surface area contributed by atoms with Gasteiger partial charge in [-0.2, -0.15) is 5.10 Å². The largest absolute Gasteiger partial charge is 0.379 e. The minimum absolute atomic E-state index is 0.387. The molecule has 0 amide bonds. The lowest BCUT2D eigenvalue weighted by molar-refractivity contribution is 0.0761. The third kappa shape index (κ3) is 2.57. The second-order valence-electron chi connectivity index (χ2n) is 5.42.